The summed E-state index contributed by atoms with van der Waals surface area (Å²) in [5.74, 6) is 0.626. The summed E-state index contributed by atoms with van der Waals surface area (Å²) < 4.78 is 10.7. The van der Waals surface area contributed by atoms with Crippen molar-refractivity contribution in [2.45, 2.75) is 6.92 Å². The van der Waals surface area contributed by atoms with Gasteiger partial charge < -0.3 is 9.26 Å². The SMILES string of the molecule is COc1ccc(Br)c(C(=O)Nc2cc(C)no2)c1. The maximum absolute atomic E-state index is 12.0. The molecule has 0 aliphatic rings. The van der Waals surface area contributed by atoms with Crippen molar-refractivity contribution in [3.63, 3.8) is 0 Å². The summed E-state index contributed by atoms with van der Waals surface area (Å²) in [5, 5.41) is 6.31. The van der Waals surface area contributed by atoms with Crippen LogP contribution in [0.5, 0.6) is 5.75 Å². The van der Waals surface area contributed by atoms with Crippen molar-refractivity contribution < 1.29 is 14.1 Å². The Labute approximate surface area is 112 Å². The molecular weight excluding hydrogens is 300 g/mol. The second kappa shape index (κ2) is 5.22. The van der Waals surface area contributed by atoms with Crippen LogP contribution in [0.3, 0.4) is 0 Å². The minimum absolute atomic E-state index is 0.295. The molecule has 1 amide bonds. The third-order valence-electron chi connectivity index (χ3n) is 2.28. The van der Waals surface area contributed by atoms with Crippen LogP contribution in [0.1, 0.15) is 16.1 Å². The molecule has 1 heterocycles. The molecule has 1 aromatic heterocycles. The van der Waals surface area contributed by atoms with E-state index < -0.39 is 0 Å². The molecule has 0 atom stereocenters. The van der Waals surface area contributed by atoms with Gasteiger partial charge in [0.1, 0.15) is 5.75 Å². The summed E-state index contributed by atoms with van der Waals surface area (Å²) in [6, 6.07) is 6.80. The smallest absolute Gasteiger partial charge is 0.259 e. The minimum atomic E-state index is -0.295. The van der Waals surface area contributed by atoms with Crippen molar-refractivity contribution in [1.82, 2.24) is 5.16 Å². The second-order valence-electron chi connectivity index (χ2n) is 3.63. The van der Waals surface area contributed by atoms with Gasteiger partial charge in [0.25, 0.3) is 5.91 Å². The first-order valence-corrected chi connectivity index (χ1v) is 5.97. The van der Waals surface area contributed by atoms with Crippen molar-refractivity contribution in [2.75, 3.05) is 12.4 Å². The Morgan fingerprint density at radius 3 is 2.83 bits per heavy atom. The zero-order valence-electron chi connectivity index (χ0n) is 9.86. The van der Waals surface area contributed by atoms with Crippen LogP contribution in [-0.2, 0) is 0 Å². The number of benzene rings is 1. The predicted molar refractivity (Wildman–Crippen MR) is 69.9 cm³/mol. The van der Waals surface area contributed by atoms with E-state index in [-0.39, 0.29) is 5.91 Å². The monoisotopic (exact) mass is 310 g/mol. The number of nitrogens with one attached hydrogen (secondary N) is 1. The van der Waals surface area contributed by atoms with Crippen molar-refractivity contribution >= 4 is 27.7 Å². The molecule has 0 aliphatic heterocycles. The highest BCUT2D eigenvalue weighted by atomic mass is 79.9. The number of carbonyl (C=O) groups excluding carboxylic acids is 1. The van der Waals surface area contributed by atoms with Crippen LogP contribution in [0.4, 0.5) is 5.88 Å². The summed E-state index contributed by atoms with van der Waals surface area (Å²) in [5.41, 5.74) is 1.17. The van der Waals surface area contributed by atoms with Gasteiger partial charge in [0.05, 0.1) is 18.4 Å². The lowest BCUT2D eigenvalue weighted by atomic mass is 10.2. The minimum Gasteiger partial charge on any atom is -0.497 e. The summed E-state index contributed by atoms with van der Waals surface area (Å²) in [6.45, 7) is 1.78. The molecule has 0 spiro atoms. The highest BCUT2D eigenvalue weighted by Gasteiger charge is 2.13. The summed E-state index contributed by atoms with van der Waals surface area (Å²) in [6.07, 6.45) is 0. The number of hydrogen-bond donors (Lipinski definition) is 1. The number of aromatic nitrogens is 1. The first kappa shape index (κ1) is 12.6. The number of anilines is 1. The van der Waals surface area contributed by atoms with E-state index in [0.29, 0.717) is 27.4 Å². The van der Waals surface area contributed by atoms with E-state index in [0.717, 1.165) is 0 Å². The van der Waals surface area contributed by atoms with Crippen molar-refractivity contribution in [3.05, 3.63) is 40.0 Å². The average Bonchev–Trinajstić information content (AvgIpc) is 2.75. The second-order valence-corrected chi connectivity index (χ2v) is 4.49. The van der Waals surface area contributed by atoms with Crippen LogP contribution < -0.4 is 10.1 Å². The third-order valence-corrected chi connectivity index (χ3v) is 2.97. The largest absolute Gasteiger partial charge is 0.497 e. The number of methoxy groups -OCH3 is 1. The van der Waals surface area contributed by atoms with Gasteiger partial charge in [0.15, 0.2) is 0 Å². The lowest BCUT2D eigenvalue weighted by Crippen LogP contribution is -2.12. The number of halogens is 1. The van der Waals surface area contributed by atoms with E-state index >= 15 is 0 Å². The number of aryl methyl sites for hydroxylation is 1. The number of nitrogens with zero attached hydrogens (tertiary/aromatic N) is 1. The van der Waals surface area contributed by atoms with Crippen LogP contribution in [-0.4, -0.2) is 18.2 Å². The normalized spacial score (nSPS) is 10.2. The van der Waals surface area contributed by atoms with Crippen LogP contribution in [0.25, 0.3) is 0 Å². The van der Waals surface area contributed by atoms with Crippen LogP contribution in [0.15, 0.2) is 33.3 Å². The molecule has 0 fully saturated rings. The molecule has 1 aromatic carbocycles. The first-order chi connectivity index (χ1) is 8.60. The van der Waals surface area contributed by atoms with E-state index in [1.54, 1.807) is 38.3 Å². The molecule has 6 heteroatoms. The zero-order valence-corrected chi connectivity index (χ0v) is 11.4. The highest BCUT2D eigenvalue weighted by Crippen LogP contribution is 2.23. The Hall–Kier alpha value is -1.82. The molecule has 0 bridgehead atoms. The molecular formula is C12H11BrN2O3. The molecule has 2 rings (SSSR count). The number of amides is 1. The Balaban J connectivity index is 2.23. The van der Waals surface area contributed by atoms with Gasteiger partial charge in [-0.3, -0.25) is 10.1 Å². The van der Waals surface area contributed by atoms with Crippen LogP contribution in [0.2, 0.25) is 0 Å². The molecule has 5 nitrogen and oxygen atoms in total. The van der Waals surface area contributed by atoms with E-state index in [1.807, 2.05) is 0 Å². The lowest BCUT2D eigenvalue weighted by Gasteiger charge is -2.06. The van der Waals surface area contributed by atoms with Gasteiger partial charge in [-0.05, 0) is 41.1 Å². The number of ether oxygens (including phenoxy) is 1. The van der Waals surface area contributed by atoms with Gasteiger partial charge in [0.2, 0.25) is 5.88 Å². The number of rotatable bonds is 3. The number of hydrogen-bond acceptors (Lipinski definition) is 4. The predicted octanol–water partition coefficient (Wildman–Crippen LogP) is 3.01. The zero-order chi connectivity index (χ0) is 13.1. The standard InChI is InChI=1S/C12H11BrN2O3/c1-7-5-11(18-15-7)14-12(16)9-6-8(17-2)3-4-10(9)13/h3-6H,1-2H3,(H,14,16). The van der Waals surface area contributed by atoms with Crippen LogP contribution in [0, 0.1) is 6.92 Å². The first-order valence-electron chi connectivity index (χ1n) is 5.18. The quantitative estimate of drug-likeness (QED) is 0.946. The van der Waals surface area contributed by atoms with E-state index in [4.69, 9.17) is 9.26 Å². The molecule has 0 aliphatic carbocycles. The highest BCUT2D eigenvalue weighted by molar-refractivity contribution is 9.10. The molecule has 1 N–H and O–H groups in total. The molecule has 0 saturated heterocycles. The topological polar surface area (TPSA) is 64.4 Å². The van der Waals surface area contributed by atoms with Gasteiger partial charge in [-0.15, -0.1) is 0 Å². The van der Waals surface area contributed by atoms with Gasteiger partial charge in [-0.1, -0.05) is 5.16 Å². The Bertz CT molecular complexity index is 580. The van der Waals surface area contributed by atoms with E-state index in [2.05, 4.69) is 26.4 Å². The fraction of sp³-hybridized carbons (Fsp3) is 0.167. The fourth-order valence-electron chi connectivity index (χ4n) is 1.41. The van der Waals surface area contributed by atoms with Crippen molar-refractivity contribution in [2.24, 2.45) is 0 Å². The van der Waals surface area contributed by atoms with Crippen molar-refractivity contribution in [1.29, 1.82) is 0 Å². The molecule has 0 unspecified atom stereocenters. The maximum atomic E-state index is 12.0. The van der Waals surface area contributed by atoms with E-state index in [9.17, 15) is 4.79 Å². The Morgan fingerprint density at radius 1 is 1.44 bits per heavy atom. The maximum Gasteiger partial charge on any atom is 0.259 e. The Morgan fingerprint density at radius 2 is 2.22 bits per heavy atom. The summed E-state index contributed by atoms with van der Waals surface area (Å²) >= 11 is 3.32. The van der Waals surface area contributed by atoms with Crippen LogP contribution >= 0.6 is 15.9 Å². The molecule has 0 radical (unpaired) electrons. The Kier molecular flexibility index (Phi) is 3.66. The third kappa shape index (κ3) is 2.70. The molecule has 18 heavy (non-hydrogen) atoms. The summed E-state index contributed by atoms with van der Waals surface area (Å²) in [7, 11) is 1.55. The fourth-order valence-corrected chi connectivity index (χ4v) is 1.83. The van der Waals surface area contributed by atoms with Gasteiger partial charge in [-0.2, -0.15) is 0 Å². The van der Waals surface area contributed by atoms with E-state index in [1.165, 1.54) is 0 Å². The summed E-state index contributed by atoms with van der Waals surface area (Å²) in [4.78, 5) is 12.0. The van der Waals surface area contributed by atoms with Crippen molar-refractivity contribution in [3.8, 4) is 5.75 Å². The van der Waals surface area contributed by atoms with Gasteiger partial charge >= 0.3 is 0 Å². The molecule has 0 saturated carbocycles. The number of carbonyl (C=O) groups is 1. The average molecular weight is 311 g/mol. The molecule has 2 aromatic rings. The lowest BCUT2D eigenvalue weighted by molar-refractivity contribution is 0.102. The molecule has 94 valence electrons. The van der Waals surface area contributed by atoms with Gasteiger partial charge in [0, 0.05) is 10.5 Å². The van der Waals surface area contributed by atoms with Gasteiger partial charge in [-0.25, -0.2) is 0 Å².